The van der Waals surface area contributed by atoms with E-state index in [1.54, 1.807) is 0 Å². The van der Waals surface area contributed by atoms with Gasteiger partial charge in [0.2, 0.25) is 15.7 Å². The third-order valence-electron chi connectivity index (χ3n) is 2.82. The number of hydrogen-bond donors (Lipinski definition) is 0. The molecule has 0 atom stereocenters. The molecule has 0 unspecified atom stereocenters. The standard InChI is InChI=1S/C10H10Cl2N6S/c11-7-13-8(12)15-9(14-7)19-10-17-16-6-4-2-1-3-5-18(6)10/h1-5H2. The van der Waals surface area contributed by atoms with Crippen LogP contribution in [0.3, 0.4) is 0 Å². The van der Waals surface area contributed by atoms with Crippen molar-refractivity contribution in [3.05, 3.63) is 16.4 Å². The summed E-state index contributed by atoms with van der Waals surface area (Å²) < 4.78 is 2.11. The minimum Gasteiger partial charge on any atom is -0.306 e. The largest absolute Gasteiger partial charge is 0.306 e. The Bertz CT molecular complexity index is 581. The fourth-order valence-corrected chi connectivity index (χ4v) is 3.25. The Kier molecular flexibility index (Phi) is 3.86. The quantitative estimate of drug-likeness (QED) is 0.848. The predicted octanol–water partition coefficient (Wildman–Crippen LogP) is 2.65. The molecule has 0 fully saturated rings. The molecule has 0 saturated heterocycles. The Balaban J connectivity index is 1.89. The van der Waals surface area contributed by atoms with Crippen LogP contribution >= 0.6 is 35.0 Å². The number of nitrogens with zero attached hydrogens (tertiary/aromatic N) is 6. The van der Waals surface area contributed by atoms with Crippen molar-refractivity contribution in [2.45, 2.75) is 42.5 Å². The molecule has 100 valence electrons. The molecular formula is C10H10Cl2N6S. The van der Waals surface area contributed by atoms with E-state index >= 15 is 0 Å². The summed E-state index contributed by atoms with van der Waals surface area (Å²) in [6.07, 6.45) is 4.48. The van der Waals surface area contributed by atoms with Gasteiger partial charge in [0.25, 0.3) is 0 Å². The zero-order chi connectivity index (χ0) is 13.2. The maximum atomic E-state index is 5.76. The first-order valence-electron chi connectivity index (χ1n) is 5.89. The van der Waals surface area contributed by atoms with E-state index in [4.69, 9.17) is 23.2 Å². The lowest BCUT2D eigenvalue weighted by molar-refractivity contribution is 0.590. The molecule has 2 aromatic rings. The molecule has 0 saturated carbocycles. The molecule has 0 radical (unpaired) electrons. The van der Waals surface area contributed by atoms with Gasteiger partial charge in [-0.1, -0.05) is 6.42 Å². The van der Waals surface area contributed by atoms with Gasteiger partial charge in [-0.15, -0.1) is 10.2 Å². The smallest absolute Gasteiger partial charge is 0.227 e. The highest BCUT2D eigenvalue weighted by molar-refractivity contribution is 7.99. The average molecular weight is 317 g/mol. The van der Waals surface area contributed by atoms with Gasteiger partial charge in [-0.05, 0) is 47.8 Å². The molecule has 0 aromatic carbocycles. The normalized spacial score (nSPS) is 15.1. The maximum Gasteiger partial charge on any atom is 0.227 e. The number of halogens is 2. The number of aromatic nitrogens is 6. The van der Waals surface area contributed by atoms with Crippen molar-refractivity contribution in [1.82, 2.24) is 29.7 Å². The molecule has 6 nitrogen and oxygen atoms in total. The molecule has 2 aromatic heterocycles. The van der Waals surface area contributed by atoms with Gasteiger partial charge in [-0.2, -0.15) is 15.0 Å². The van der Waals surface area contributed by atoms with Crippen molar-refractivity contribution in [1.29, 1.82) is 0 Å². The van der Waals surface area contributed by atoms with E-state index in [-0.39, 0.29) is 10.6 Å². The Labute approximate surface area is 124 Å². The van der Waals surface area contributed by atoms with E-state index in [0.29, 0.717) is 5.16 Å². The van der Waals surface area contributed by atoms with Crippen LogP contribution < -0.4 is 0 Å². The summed E-state index contributed by atoms with van der Waals surface area (Å²) in [7, 11) is 0. The first kappa shape index (κ1) is 13.1. The molecule has 0 N–H and O–H groups in total. The molecule has 19 heavy (non-hydrogen) atoms. The van der Waals surface area contributed by atoms with Crippen molar-refractivity contribution < 1.29 is 0 Å². The highest BCUT2D eigenvalue weighted by Crippen LogP contribution is 2.27. The van der Waals surface area contributed by atoms with Crippen LogP contribution in [0.1, 0.15) is 25.1 Å². The lowest BCUT2D eigenvalue weighted by Crippen LogP contribution is -2.03. The maximum absolute atomic E-state index is 5.76. The Morgan fingerprint density at radius 2 is 1.74 bits per heavy atom. The first-order chi connectivity index (χ1) is 9.22. The first-order valence-corrected chi connectivity index (χ1v) is 7.46. The topological polar surface area (TPSA) is 69.4 Å². The number of rotatable bonds is 2. The molecule has 9 heteroatoms. The van der Waals surface area contributed by atoms with E-state index in [2.05, 4.69) is 29.7 Å². The molecule has 1 aliphatic rings. The summed E-state index contributed by atoms with van der Waals surface area (Å²) in [5.41, 5.74) is 0. The minimum atomic E-state index is 0.0816. The van der Waals surface area contributed by atoms with Crippen LogP contribution in [0, 0.1) is 0 Å². The number of fused-ring (bicyclic) bond motifs is 1. The van der Waals surface area contributed by atoms with Crippen LogP contribution in [-0.4, -0.2) is 29.7 Å². The Morgan fingerprint density at radius 3 is 2.53 bits per heavy atom. The van der Waals surface area contributed by atoms with Crippen LogP contribution in [0.15, 0.2) is 10.3 Å². The zero-order valence-corrected chi connectivity index (χ0v) is 12.2. The monoisotopic (exact) mass is 316 g/mol. The summed E-state index contributed by atoms with van der Waals surface area (Å²) in [5.74, 6) is 1.02. The van der Waals surface area contributed by atoms with Crippen LogP contribution in [-0.2, 0) is 13.0 Å². The lowest BCUT2D eigenvalue weighted by Gasteiger charge is -2.05. The molecule has 3 rings (SSSR count). The Morgan fingerprint density at radius 1 is 0.947 bits per heavy atom. The molecular weight excluding hydrogens is 307 g/mol. The van der Waals surface area contributed by atoms with Gasteiger partial charge in [0, 0.05) is 13.0 Å². The molecule has 3 heterocycles. The predicted molar refractivity (Wildman–Crippen MR) is 71.5 cm³/mol. The molecule has 1 aliphatic heterocycles. The number of hydrogen-bond acceptors (Lipinski definition) is 6. The summed E-state index contributed by atoms with van der Waals surface area (Å²) in [6.45, 7) is 0.928. The van der Waals surface area contributed by atoms with Crippen LogP contribution in [0.4, 0.5) is 0 Å². The van der Waals surface area contributed by atoms with Gasteiger partial charge in [-0.25, -0.2) is 0 Å². The van der Waals surface area contributed by atoms with Crippen LogP contribution in [0.2, 0.25) is 10.6 Å². The van der Waals surface area contributed by atoms with Gasteiger partial charge in [0.1, 0.15) is 5.82 Å². The van der Waals surface area contributed by atoms with E-state index < -0.39 is 0 Å². The van der Waals surface area contributed by atoms with Crippen molar-refractivity contribution in [3.8, 4) is 0 Å². The molecule has 0 bridgehead atoms. The number of aryl methyl sites for hydroxylation is 1. The second kappa shape index (κ2) is 5.60. The van der Waals surface area contributed by atoms with Crippen LogP contribution in [0.5, 0.6) is 0 Å². The van der Waals surface area contributed by atoms with Gasteiger partial charge >= 0.3 is 0 Å². The van der Waals surface area contributed by atoms with Gasteiger partial charge in [0.15, 0.2) is 5.16 Å². The second-order valence-electron chi connectivity index (χ2n) is 4.12. The average Bonchev–Trinajstić information content (AvgIpc) is 2.59. The SMILES string of the molecule is Clc1nc(Cl)nc(Sc2nnc3n2CCCCC3)n1. The molecule has 0 spiro atoms. The highest BCUT2D eigenvalue weighted by atomic mass is 35.5. The van der Waals surface area contributed by atoms with E-state index in [0.717, 1.165) is 36.8 Å². The summed E-state index contributed by atoms with van der Waals surface area (Å²) >= 11 is 12.8. The van der Waals surface area contributed by atoms with Crippen molar-refractivity contribution in [2.24, 2.45) is 0 Å². The van der Waals surface area contributed by atoms with E-state index in [1.807, 2.05) is 0 Å². The lowest BCUT2D eigenvalue weighted by atomic mass is 10.2. The second-order valence-corrected chi connectivity index (χ2v) is 5.73. The fraction of sp³-hybridized carbons (Fsp3) is 0.500. The van der Waals surface area contributed by atoms with Crippen molar-refractivity contribution in [2.75, 3.05) is 0 Å². The third kappa shape index (κ3) is 2.98. The van der Waals surface area contributed by atoms with Gasteiger partial charge in [0.05, 0.1) is 0 Å². The Hall–Kier alpha value is -0.920. The van der Waals surface area contributed by atoms with Crippen LogP contribution in [0.25, 0.3) is 0 Å². The van der Waals surface area contributed by atoms with E-state index in [1.165, 1.54) is 18.2 Å². The van der Waals surface area contributed by atoms with Crippen molar-refractivity contribution >= 4 is 35.0 Å². The van der Waals surface area contributed by atoms with Crippen molar-refractivity contribution in [3.63, 3.8) is 0 Å². The molecule has 0 amide bonds. The summed E-state index contributed by atoms with van der Waals surface area (Å²) in [6, 6.07) is 0. The summed E-state index contributed by atoms with van der Waals surface area (Å²) in [5, 5.41) is 9.77. The van der Waals surface area contributed by atoms with Gasteiger partial charge < -0.3 is 4.57 Å². The molecule has 0 aliphatic carbocycles. The minimum absolute atomic E-state index is 0.0816. The highest BCUT2D eigenvalue weighted by Gasteiger charge is 2.17. The fourth-order valence-electron chi connectivity index (χ4n) is 1.97. The van der Waals surface area contributed by atoms with E-state index in [9.17, 15) is 0 Å². The third-order valence-corrected chi connectivity index (χ3v) is 4.01. The zero-order valence-electron chi connectivity index (χ0n) is 9.88. The summed E-state index contributed by atoms with van der Waals surface area (Å²) in [4.78, 5) is 11.8. The van der Waals surface area contributed by atoms with Gasteiger partial charge in [-0.3, -0.25) is 0 Å².